The summed E-state index contributed by atoms with van der Waals surface area (Å²) >= 11 is 0. The Morgan fingerprint density at radius 1 is 1.15 bits per heavy atom. The first kappa shape index (κ1) is 18.7. The number of aliphatic carboxylic acids is 1. The van der Waals surface area contributed by atoms with E-state index in [0.29, 0.717) is 6.42 Å². The molecule has 1 amide bonds. The molecule has 0 aromatic heterocycles. The molecule has 4 heteroatoms. The molecule has 0 rings (SSSR count). The van der Waals surface area contributed by atoms with Crippen LogP contribution < -0.4 is 5.32 Å². The third kappa shape index (κ3) is 8.73. The van der Waals surface area contributed by atoms with Gasteiger partial charge in [-0.15, -0.1) is 6.58 Å². The maximum absolute atomic E-state index is 11.9. The lowest BCUT2D eigenvalue weighted by Crippen LogP contribution is -2.35. The Bertz CT molecular complexity index is 302. The first-order chi connectivity index (χ1) is 9.54. The number of carboxylic acid groups (broad SMARTS) is 1. The molecule has 2 atom stereocenters. The molecule has 0 radical (unpaired) electrons. The summed E-state index contributed by atoms with van der Waals surface area (Å²) in [6.07, 6.45) is 8.33. The zero-order valence-electron chi connectivity index (χ0n) is 12.9. The van der Waals surface area contributed by atoms with Crippen LogP contribution >= 0.6 is 0 Å². The van der Waals surface area contributed by atoms with E-state index in [1.807, 2.05) is 6.92 Å². The third-order valence-corrected chi connectivity index (χ3v) is 3.44. The molecule has 0 saturated heterocycles. The number of hydrogen-bond acceptors (Lipinski definition) is 2. The molecular weight excluding hydrogens is 254 g/mol. The minimum atomic E-state index is -0.880. The van der Waals surface area contributed by atoms with E-state index >= 15 is 0 Å². The molecule has 0 spiro atoms. The molecule has 0 heterocycles. The minimum Gasteiger partial charge on any atom is -0.481 e. The maximum Gasteiger partial charge on any atom is 0.307 e. The molecule has 0 saturated carbocycles. The number of carbonyl (C=O) groups is 2. The van der Waals surface area contributed by atoms with Gasteiger partial charge in [0.15, 0.2) is 0 Å². The van der Waals surface area contributed by atoms with Crippen LogP contribution in [-0.2, 0) is 9.59 Å². The maximum atomic E-state index is 11.9. The lowest BCUT2D eigenvalue weighted by Gasteiger charge is -2.17. The second-order valence-electron chi connectivity index (χ2n) is 5.29. The monoisotopic (exact) mass is 283 g/mol. The van der Waals surface area contributed by atoms with Crippen molar-refractivity contribution in [3.63, 3.8) is 0 Å². The fourth-order valence-electron chi connectivity index (χ4n) is 2.12. The van der Waals surface area contributed by atoms with Crippen molar-refractivity contribution in [3.05, 3.63) is 12.7 Å². The Labute approximate surface area is 122 Å². The normalized spacial score (nSPS) is 13.5. The molecule has 0 fully saturated rings. The van der Waals surface area contributed by atoms with Crippen molar-refractivity contribution in [3.8, 4) is 0 Å². The van der Waals surface area contributed by atoms with Gasteiger partial charge in [-0.25, -0.2) is 0 Å². The van der Waals surface area contributed by atoms with Gasteiger partial charge in [0.1, 0.15) is 0 Å². The average molecular weight is 283 g/mol. The fraction of sp³-hybridized carbons (Fsp3) is 0.750. The van der Waals surface area contributed by atoms with Gasteiger partial charge in [-0.3, -0.25) is 9.59 Å². The Balaban J connectivity index is 4.20. The van der Waals surface area contributed by atoms with Crippen molar-refractivity contribution >= 4 is 11.9 Å². The van der Waals surface area contributed by atoms with Crippen LogP contribution in [0.3, 0.4) is 0 Å². The number of rotatable bonds is 12. The summed E-state index contributed by atoms with van der Waals surface area (Å²) in [5, 5.41) is 12.0. The predicted octanol–water partition coefficient (Wildman–Crippen LogP) is 3.52. The first-order valence-corrected chi connectivity index (χ1v) is 7.69. The summed E-state index contributed by atoms with van der Waals surface area (Å²) in [4.78, 5) is 23.0. The van der Waals surface area contributed by atoms with Gasteiger partial charge >= 0.3 is 5.97 Å². The molecule has 0 bridgehead atoms. The standard InChI is InChI=1S/C16H29NO3/c1-4-7-9-11-14(6-3)17-15(18)12-13(16(19)20)10-8-5-2/h6,13-14H,3-5,7-12H2,1-2H3,(H,17,18)(H,19,20). The summed E-state index contributed by atoms with van der Waals surface area (Å²) in [5.41, 5.74) is 0. The smallest absolute Gasteiger partial charge is 0.307 e. The second-order valence-corrected chi connectivity index (χ2v) is 5.29. The lowest BCUT2D eigenvalue weighted by molar-refractivity contribution is -0.144. The Morgan fingerprint density at radius 2 is 1.80 bits per heavy atom. The van der Waals surface area contributed by atoms with Crippen LogP contribution in [-0.4, -0.2) is 23.0 Å². The van der Waals surface area contributed by atoms with Crippen LogP contribution in [0.15, 0.2) is 12.7 Å². The summed E-state index contributed by atoms with van der Waals surface area (Å²) in [5.74, 6) is -1.64. The first-order valence-electron chi connectivity index (χ1n) is 7.69. The van der Waals surface area contributed by atoms with E-state index in [1.165, 1.54) is 0 Å². The fourth-order valence-corrected chi connectivity index (χ4v) is 2.12. The number of carbonyl (C=O) groups excluding carboxylic acids is 1. The molecule has 0 aromatic carbocycles. The van der Waals surface area contributed by atoms with E-state index in [-0.39, 0.29) is 18.4 Å². The summed E-state index contributed by atoms with van der Waals surface area (Å²) < 4.78 is 0. The molecular formula is C16H29NO3. The van der Waals surface area contributed by atoms with Crippen LogP contribution in [0.1, 0.15) is 65.2 Å². The lowest BCUT2D eigenvalue weighted by atomic mass is 9.98. The van der Waals surface area contributed by atoms with Gasteiger partial charge in [0.2, 0.25) is 5.91 Å². The van der Waals surface area contributed by atoms with Crippen LogP contribution in [0.25, 0.3) is 0 Å². The highest BCUT2D eigenvalue weighted by molar-refractivity contribution is 5.82. The van der Waals surface area contributed by atoms with Gasteiger partial charge in [0, 0.05) is 12.5 Å². The van der Waals surface area contributed by atoms with Crippen molar-refractivity contribution in [2.24, 2.45) is 5.92 Å². The van der Waals surface area contributed by atoms with Gasteiger partial charge in [0.05, 0.1) is 5.92 Å². The van der Waals surface area contributed by atoms with Gasteiger partial charge in [-0.05, 0) is 12.8 Å². The van der Waals surface area contributed by atoms with E-state index in [2.05, 4.69) is 18.8 Å². The summed E-state index contributed by atoms with van der Waals surface area (Å²) in [6, 6.07) is -0.0466. The molecule has 116 valence electrons. The largest absolute Gasteiger partial charge is 0.481 e. The quantitative estimate of drug-likeness (QED) is 0.425. The van der Waals surface area contributed by atoms with E-state index in [1.54, 1.807) is 6.08 Å². The van der Waals surface area contributed by atoms with E-state index in [4.69, 9.17) is 5.11 Å². The van der Waals surface area contributed by atoms with Gasteiger partial charge in [0.25, 0.3) is 0 Å². The van der Waals surface area contributed by atoms with E-state index < -0.39 is 11.9 Å². The number of unbranched alkanes of at least 4 members (excludes halogenated alkanes) is 3. The minimum absolute atomic E-state index is 0.0466. The van der Waals surface area contributed by atoms with Gasteiger partial charge in [-0.1, -0.05) is 52.0 Å². The Kier molecular flexibility index (Phi) is 10.7. The number of nitrogens with one attached hydrogen (secondary N) is 1. The zero-order chi connectivity index (χ0) is 15.4. The molecule has 0 aliphatic heterocycles. The van der Waals surface area contributed by atoms with Crippen molar-refractivity contribution < 1.29 is 14.7 Å². The topological polar surface area (TPSA) is 66.4 Å². The van der Waals surface area contributed by atoms with E-state index in [9.17, 15) is 9.59 Å². The van der Waals surface area contributed by atoms with Crippen LogP contribution in [0.2, 0.25) is 0 Å². The molecule has 0 aromatic rings. The Hall–Kier alpha value is -1.32. The van der Waals surface area contributed by atoms with Gasteiger partial charge < -0.3 is 10.4 Å². The summed E-state index contributed by atoms with van der Waals surface area (Å²) in [6.45, 7) is 7.87. The highest BCUT2D eigenvalue weighted by atomic mass is 16.4. The average Bonchev–Trinajstić information content (AvgIpc) is 2.42. The van der Waals surface area contributed by atoms with Crippen molar-refractivity contribution in [1.29, 1.82) is 0 Å². The highest BCUT2D eigenvalue weighted by Gasteiger charge is 2.21. The zero-order valence-corrected chi connectivity index (χ0v) is 12.9. The van der Waals surface area contributed by atoms with Crippen molar-refractivity contribution in [1.82, 2.24) is 5.32 Å². The summed E-state index contributed by atoms with van der Waals surface area (Å²) in [7, 11) is 0. The number of hydrogen-bond donors (Lipinski definition) is 2. The van der Waals surface area contributed by atoms with E-state index in [0.717, 1.165) is 38.5 Å². The van der Waals surface area contributed by atoms with Crippen molar-refractivity contribution in [2.45, 2.75) is 71.3 Å². The third-order valence-electron chi connectivity index (χ3n) is 3.44. The predicted molar refractivity (Wildman–Crippen MR) is 81.5 cm³/mol. The van der Waals surface area contributed by atoms with Crippen LogP contribution in [0.5, 0.6) is 0 Å². The van der Waals surface area contributed by atoms with Crippen LogP contribution in [0.4, 0.5) is 0 Å². The molecule has 2 N–H and O–H groups in total. The molecule has 2 unspecified atom stereocenters. The number of carboxylic acids is 1. The van der Waals surface area contributed by atoms with Crippen molar-refractivity contribution in [2.75, 3.05) is 0 Å². The molecule has 0 aliphatic carbocycles. The SMILES string of the molecule is C=CC(CCCCC)NC(=O)CC(CCCC)C(=O)O. The highest BCUT2D eigenvalue weighted by Crippen LogP contribution is 2.14. The second kappa shape index (κ2) is 11.5. The molecule has 4 nitrogen and oxygen atoms in total. The molecule has 20 heavy (non-hydrogen) atoms. The number of amides is 1. The van der Waals surface area contributed by atoms with Gasteiger partial charge in [-0.2, -0.15) is 0 Å². The molecule has 0 aliphatic rings. The van der Waals surface area contributed by atoms with Crippen LogP contribution in [0, 0.1) is 5.92 Å². The Morgan fingerprint density at radius 3 is 2.30 bits per heavy atom.